The molecule has 1 aliphatic heterocycles. The van der Waals surface area contributed by atoms with E-state index >= 15 is 0 Å². The minimum Gasteiger partial charge on any atom is -0.435 e. The van der Waals surface area contributed by atoms with Gasteiger partial charge in [-0.1, -0.05) is 6.92 Å². The van der Waals surface area contributed by atoms with E-state index in [1.165, 1.54) is 0 Å². The molecule has 0 saturated carbocycles. The molecular formula is C14H20F2N2O. The minimum atomic E-state index is -2.77. The first-order chi connectivity index (χ1) is 9.10. The van der Waals surface area contributed by atoms with Crippen molar-refractivity contribution in [1.29, 1.82) is 0 Å². The van der Waals surface area contributed by atoms with E-state index in [-0.39, 0.29) is 5.75 Å². The highest BCUT2D eigenvalue weighted by molar-refractivity contribution is 5.50. The average molecular weight is 270 g/mol. The lowest BCUT2D eigenvalue weighted by molar-refractivity contribution is -0.0498. The quantitative estimate of drug-likeness (QED) is 0.910. The summed E-state index contributed by atoms with van der Waals surface area (Å²) in [5.41, 5.74) is 1.06. The van der Waals surface area contributed by atoms with Crippen molar-refractivity contribution in [2.24, 2.45) is 0 Å². The molecule has 0 radical (unpaired) electrons. The molecule has 1 N–H and O–H groups in total. The molecule has 2 unspecified atom stereocenters. The second kappa shape index (κ2) is 6.19. The number of nitrogens with zero attached hydrogens (tertiary/aromatic N) is 1. The molecule has 0 amide bonds. The molecule has 1 saturated heterocycles. The first-order valence-corrected chi connectivity index (χ1v) is 6.65. The van der Waals surface area contributed by atoms with Gasteiger partial charge in [0.15, 0.2) is 0 Å². The van der Waals surface area contributed by atoms with Crippen LogP contribution < -0.4 is 15.0 Å². The molecule has 0 spiro atoms. The van der Waals surface area contributed by atoms with Crippen molar-refractivity contribution in [1.82, 2.24) is 5.32 Å². The maximum Gasteiger partial charge on any atom is 0.387 e. The standard InChI is InChI=1S/C14H20F2N2O/c1-3-11-8-17-10(2)9-18(11)12-4-6-13(7-5-12)19-14(15)16/h4-7,10-11,14,17H,3,8-9H2,1-2H3. The number of halogens is 2. The number of hydrogen-bond acceptors (Lipinski definition) is 3. The van der Waals surface area contributed by atoms with Gasteiger partial charge in [-0.2, -0.15) is 8.78 Å². The molecule has 5 heteroatoms. The molecule has 2 rings (SSSR count). The Morgan fingerprint density at radius 3 is 2.63 bits per heavy atom. The van der Waals surface area contributed by atoms with Crippen LogP contribution in [0.3, 0.4) is 0 Å². The van der Waals surface area contributed by atoms with Gasteiger partial charge in [0.2, 0.25) is 0 Å². The normalized spacial score (nSPS) is 23.7. The van der Waals surface area contributed by atoms with E-state index in [0.29, 0.717) is 12.1 Å². The number of piperazine rings is 1. The minimum absolute atomic E-state index is 0.204. The number of rotatable bonds is 4. The van der Waals surface area contributed by atoms with Crippen LogP contribution in [0.1, 0.15) is 20.3 Å². The highest BCUT2D eigenvalue weighted by Gasteiger charge is 2.24. The van der Waals surface area contributed by atoms with Crippen LogP contribution in [0.15, 0.2) is 24.3 Å². The number of hydrogen-bond donors (Lipinski definition) is 1. The van der Waals surface area contributed by atoms with Gasteiger partial charge in [0.05, 0.1) is 0 Å². The second-order valence-electron chi connectivity index (χ2n) is 4.90. The Hall–Kier alpha value is -1.36. The van der Waals surface area contributed by atoms with E-state index in [0.717, 1.165) is 25.2 Å². The summed E-state index contributed by atoms with van der Waals surface area (Å²) in [4.78, 5) is 2.33. The Morgan fingerprint density at radius 2 is 2.05 bits per heavy atom. The highest BCUT2D eigenvalue weighted by Crippen LogP contribution is 2.24. The Labute approximate surface area is 112 Å². The van der Waals surface area contributed by atoms with Gasteiger partial charge in [0.25, 0.3) is 0 Å². The monoisotopic (exact) mass is 270 g/mol. The van der Waals surface area contributed by atoms with Crippen LogP contribution in [-0.2, 0) is 0 Å². The summed E-state index contributed by atoms with van der Waals surface area (Å²) in [6.45, 7) is 3.41. The first-order valence-electron chi connectivity index (χ1n) is 6.65. The highest BCUT2D eigenvalue weighted by atomic mass is 19.3. The topological polar surface area (TPSA) is 24.5 Å². The summed E-state index contributed by atoms with van der Waals surface area (Å²) >= 11 is 0. The lowest BCUT2D eigenvalue weighted by Crippen LogP contribution is -2.55. The zero-order valence-electron chi connectivity index (χ0n) is 11.3. The largest absolute Gasteiger partial charge is 0.435 e. The Bertz CT molecular complexity index is 397. The van der Waals surface area contributed by atoms with Crippen LogP contribution in [0.25, 0.3) is 0 Å². The molecule has 0 bridgehead atoms. The smallest absolute Gasteiger partial charge is 0.387 e. The van der Waals surface area contributed by atoms with Crippen LogP contribution in [0.4, 0.5) is 14.5 Å². The van der Waals surface area contributed by atoms with E-state index in [1.54, 1.807) is 12.1 Å². The predicted octanol–water partition coefficient (Wildman–Crippen LogP) is 2.86. The lowest BCUT2D eigenvalue weighted by atomic mass is 10.1. The van der Waals surface area contributed by atoms with Gasteiger partial charge < -0.3 is 15.0 Å². The molecule has 106 valence electrons. The van der Waals surface area contributed by atoms with Gasteiger partial charge in [0.1, 0.15) is 5.75 Å². The van der Waals surface area contributed by atoms with Crippen molar-refractivity contribution in [3.8, 4) is 5.75 Å². The summed E-state index contributed by atoms with van der Waals surface area (Å²) in [5.74, 6) is 0.204. The molecule has 0 aromatic heterocycles. The molecule has 1 aromatic rings. The number of nitrogens with one attached hydrogen (secondary N) is 1. The fourth-order valence-corrected chi connectivity index (χ4v) is 2.46. The van der Waals surface area contributed by atoms with Crippen molar-refractivity contribution < 1.29 is 13.5 Å². The van der Waals surface area contributed by atoms with Crippen LogP contribution in [-0.4, -0.2) is 31.8 Å². The number of alkyl halides is 2. The third-order valence-corrected chi connectivity index (χ3v) is 3.48. The van der Waals surface area contributed by atoms with E-state index in [4.69, 9.17) is 0 Å². The van der Waals surface area contributed by atoms with Gasteiger partial charge in [-0.05, 0) is 37.6 Å². The second-order valence-corrected chi connectivity index (χ2v) is 4.90. The molecule has 3 nitrogen and oxygen atoms in total. The molecule has 1 aromatic carbocycles. The van der Waals surface area contributed by atoms with Gasteiger partial charge in [-0.3, -0.25) is 0 Å². The number of benzene rings is 1. The van der Waals surface area contributed by atoms with Crippen LogP contribution in [0.5, 0.6) is 5.75 Å². The summed E-state index contributed by atoms with van der Waals surface area (Å²) in [6.07, 6.45) is 1.05. The average Bonchev–Trinajstić information content (AvgIpc) is 2.39. The zero-order valence-corrected chi connectivity index (χ0v) is 11.3. The van der Waals surface area contributed by atoms with E-state index in [9.17, 15) is 8.78 Å². The van der Waals surface area contributed by atoms with Crippen LogP contribution in [0, 0.1) is 0 Å². The molecular weight excluding hydrogens is 250 g/mol. The van der Waals surface area contributed by atoms with E-state index < -0.39 is 6.61 Å². The van der Waals surface area contributed by atoms with E-state index in [2.05, 4.69) is 28.8 Å². The Morgan fingerprint density at radius 1 is 1.37 bits per heavy atom. The SMILES string of the molecule is CCC1CNC(C)CN1c1ccc(OC(F)F)cc1. The molecule has 1 fully saturated rings. The van der Waals surface area contributed by atoms with Gasteiger partial charge >= 0.3 is 6.61 Å². The van der Waals surface area contributed by atoms with Crippen LogP contribution >= 0.6 is 0 Å². The van der Waals surface area contributed by atoms with Crippen molar-refractivity contribution in [2.45, 2.75) is 39.0 Å². The Balaban J connectivity index is 2.10. The van der Waals surface area contributed by atoms with Crippen molar-refractivity contribution in [3.63, 3.8) is 0 Å². The first kappa shape index (κ1) is 14.1. The fourth-order valence-electron chi connectivity index (χ4n) is 2.46. The third kappa shape index (κ3) is 3.56. The molecule has 2 atom stereocenters. The summed E-state index contributed by atoms with van der Waals surface area (Å²) in [6, 6.07) is 7.76. The third-order valence-electron chi connectivity index (χ3n) is 3.48. The Kier molecular flexibility index (Phi) is 4.58. The fraction of sp³-hybridized carbons (Fsp3) is 0.571. The van der Waals surface area contributed by atoms with E-state index in [1.807, 2.05) is 12.1 Å². The number of ether oxygens (including phenoxy) is 1. The summed E-state index contributed by atoms with van der Waals surface area (Å²) in [7, 11) is 0. The van der Waals surface area contributed by atoms with Crippen molar-refractivity contribution >= 4 is 5.69 Å². The molecule has 1 heterocycles. The number of anilines is 1. The lowest BCUT2D eigenvalue weighted by Gasteiger charge is -2.40. The zero-order chi connectivity index (χ0) is 13.8. The molecule has 1 aliphatic rings. The van der Waals surface area contributed by atoms with Gasteiger partial charge in [-0.25, -0.2) is 0 Å². The van der Waals surface area contributed by atoms with Crippen molar-refractivity contribution in [3.05, 3.63) is 24.3 Å². The van der Waals surface area contributed by atoms with Gasteiger partial charge in [-0.15, -0.1) is 0 Å². The molecule has 0 aliphatic carbocycles. The van der Waals surface area contributed by atoms with Crippen LogP contribution in [0.2, 0.25) is 0 Å². The molecule has 19 heavy (non-hydrogen) atoms. The maximum atomic E-state index is 12.1. The summed E-state index contributed by atoms with van der Waals surface area (Å²) in [5, 5.41) is 3.45. The van der Waals surface area contributed by atoms with Gasteiger partial charge in [0, 0.05) is 30.9 Å². The summed E-state index contributed by atoms with van der Waals surface area (Å²) < 4.78 is 28.6. The predicted molar refractivity (Wildman–Crippen MR) is 72.0 cm³/mol. The maximum absolute atomic E-state index is 12.1. The van der Waals surface area contributed by atoms with Crippen molar-refractivity contribution in [2.75, 3.05) is 18.0 Å².